The van der Waals surface area contributed by atoms with E-state index < -0.39 is 5.60 Å². The van der Waals surface area contributed by atoms with Crippen LogP contribution in [0.2, 0.25) is 0 Å². The quantitative estimate of drug-likeness (QED) is 0.636. The highest BCUT2D eigenvalue weighted by molar-refractivity contribution is 5.32. The molecular weight excluding hydrogens is 232 g/mol. The molecule has 1 N–H and O–H groups in total. The van der Waals surface area contributed by atoms with Crippen molar-refractivity contribution in [2.75, 3.05) is 19.6 Å². The van der Waals surface area contributed by atoms with Gasteiger partial charge in [0.2, 0.25) is 0 Å². The van der Waals surface area contributed by atoms with E-state index in [-0.39, 0.29) is 10.6 Å². The molecule has 1 fully saturated rings. The maximum atomic E-state index is 10.5. The summed E-state index contributed by atoms with van der Waals surface area (Å²) < 4.78 is 0. The zero-order chi connectivity index (χ0) is 13.2. The zero-order valence-corrected chi connectivity index (χ0v) is 10.5. The Morgan fingerprint density at radius 3 is 2.50 bits per heavy atom. The lowest BCUT2D eigenvalue weighted by Gasteiger charge is -2.46. The van der Waals surface area contributed by atoms with Crippen LogP contribution in [0.1, 0.15) is 18.9 Å². The van der Waals surface area contributed by atoms with Crippen molar-refractivity contribution >= 4 is 5.69 Å². The van der Waals surface area contributed by atoms with Gasteiger partial charge in [0.15, 0.2) is 0 Å². The minimum atomic E-state index is -0.491. The van der Waals surface area contributed by atoms with Crippen molar-refractivity contribution in [1.82, 2.24) is 4.90 Å². The monoisotopic (exact) mass is 250 g/mol. The first kappa shape index (κ1) is 13.0. The van der Waals surface area contributed by atoms with Crippen molar-refractivity contribution in [3.63, 3.8) is 0 Å². The van der Waals surface area contributed by atoms with Gasteiger partial charge in [-0.1, -0.05) is 19.1 Å². The number of nitro groups is 1. The predicted octanol–water partition coefficient (Wildman–Crippen LogP) is 1.59. The maximum absolute atomic E-state index is 10.5. The van der Waals surface area contributed by atoms with Crippen molar-refractivity contribution in [2.24, 2.45) is 0 Å². The van der Waals surface area contributed by atoms with E-state index >= 15 is 0 Å². The van der Waals surface area contributed by atoms with Gasteiger partial charge in [-0.15, -0.1) is 0 Å². The van der Waals surface area contributed by atoms with E-state index in [9.17, 15) is 15.2 Å². The van der Waals surface area contributed by atoms with Gasteiger partial charge in [0.1, 0.15) is 0 Å². The van der Waals surface area contributed by atoms with Gasteiger partial charge in [0.05, 0.1) is 10.5 Å². The van der Waals surface area contributed by atoms with Crippen LogP contribution in [0.25, 0.3) is 0 Å². The van der Waals surface area contributed by atoms with Crippen molar-refractivity contribution in [2.45, 2.75) is 25.4 Å². The summed E-state index contributed by atoms with van der Waals surface area (Å²) in [5.74, 6) is 0. The van der Waals surface area contributed by atoms with E-state index in [1.165, 1.54) is 12.1 Å². The highest BCUT2D eigenvalue weighted by Gasteiger charge is 2.38. The lowest BCUT2D eigenvalue weighted by atomic mass is 9.91. The molecule has 0 aliphatic carbocycles. The molecule has 0 spiro atoms. The molecule has 18 heavy (non-hydrogen) atoms. The molecule has 2 rings (SSSR count). The standard InChI is InChI=1S/C13H18N2O3/c1-2-13(16)9-14(10-13)8-7-11-3-5-12(6-4-11)15(17)18/h3-6,16H,2,7-10H2,1H3. The molecule has 0 aromatic heterocycles. The van der Waals surface area contributed by atoms with Crippen LogP contribution >= 0.6 is 0 Å². The molecule has 0 amide bonds. The number of aliphatic hydroxyl groups is 1. The summed E-state index contributed by atoms with van der Waals surface area (Å²) in [7, 11) is 0. The molecule has 0 radical (unpaired) electrons. The number of nitro benzene ring substituents is 1. The number of non-ortho nitro benzene ring substituents is 1. The van der Waals surface area contributed by atoms with Crippen LogP contribution < -0.4 is 0 Å². The zero-order valence-electron chi connectivity index (χ0n) is 10.5. The van der Waals surface area contributed by atoms with E-state index in [2.05, 4.69) is 4.90 Å². The van der Waals surface area contributed by atoms with E-state index in [0.717, 1.165) is 38.0 Å². The first-order chi connectivity index (χ1) is 8.52. The molecule has 0 unspecified atom stereocenters. The van der Waals surface area contributed by atoms with Crippen molar-refractivity contribution < 1.29 is 10.0 Å². The minimum Gasteiger partial charge on any atom is -0.387 e. The van der Waals surface area contributed by atoms with Gasteiger partial charge in [0.25, 0.3) is 5.69 Å². The molecule has 98 valence electrons. The summed E-state index contributed by atoms with van der Waals surface area (Å²) in [6.07, 6.45) is 1.65. The van der Waals surface area contributed by atoms with E-state index in [4.69, 9.17) is 0 Å². The van der Waals surface area contributed by atoms with E-state index in [1.54, 1.807) is 12.1 Å². The summed E-state index contributed by atoms with van der Waals surface area (Å²) in [6.45, 7) is 4.35. The fourth-order valence-electron chi connectivity index (χ4n) is 2.24. The van der Waals surface area contributed by atoms with Gasteiger partial charge >= 0.3 is 0 Å². The maximum Gasteiger partial charge on any atom is 0.269 e. The Morgan fingerprint density at radius 1 is 1.39 bits per heavy atom. The third-order valence-corrected chi connectivity index (χ3v) is 3.56. The van der Waals surface area contributed by atoms with Gasteiger partial charge in [-0.3, -0.25) is 15.0 Å². The van der Waals surface area contributed by atoms with Gasteiger partial charge in [-0.05, 0) is 18.4 Å². The van der Waals surface area contributed by atoms with Crippen LogP contribution in [0.3, 0.4) is 0 Å². The SMILES string of the molecule is CCC1(O)CN(CCc2ccc([N+](=O)[O-])cc2)C1. The summed E-state index contributed by atoms with van der Waals surface area (Å²) in [5.41, 5.74) is 0.728. The highest BCUT2D eigenvalue weighted by atomic mass is 16.6. The van der Waals surface area contributed by atoms with Gasteiger partial charge in [0, 0.05) is 31.8 Å². The Bertz CT molecular complexity index is 424. The molecule has 1 aromatic carbocycles. The smallest absolute Gasteiger partial charge is 0.269 e. The Kier molecular flexibility index (Phi) is 3.63. The second-order valence-corrected chi connectivity index (χ2v) is 4.96. The van der Waals surface area contributed by atoms with Crippen molar-refractivity contribution in [1.29, 1.82) is 0 Å². The van der Waals surface area contributed by atoms with Crippen LogP contribution in [0.4, 0.5) is 5.69 Å². The second-order valence-electron chi connectivity index (χ2n) is 4.96. The first-order valence-electron chi connectivity index (χ1n) is 6.20. The summed E-state index contributed by atoms with van der Waals surface area (Å²) >= 11 is 0. The normalized spacial score (nSPS) is 18.3. The van der Waals surface area contributed by atoms with E-state index in [0.29, 0.717) is 0 Å². The van der Waals surface area contributed by atoms with Crippen molar-refractivity contribution in [3.05, 3.63) is 39.9 Å². The van der Waals surface area contributed by atoms with Crippen LogP contribution in [0.15, 0.2) is 24.3 Å². The second kappa shape index (κ2) is 5.04. The highest BCUT2D eigenvalue weighted by Crippen LogP contribution is 2.24. The Hall–Kier alpha value is -1.46. The molecule has 0 bridgehead atoms. The van der Waals surface area contributed by atoms with Crippen molar-refractivity contribution in [3.8, 4) is 0 Å². The van der Waals surface area contributed by atoms with Crippen LogP contribution in [-0.4, -0.2) is 40.2 Å². The molecule has 1 saturated heterocycles. The summed E-state index contributed by atoms with van der Waals surface area (Å²) in [4.78, 5) is 12.3. The first-order valence-corrected chi connectivity index (χ1v) is 6.20. The average Bonchev–Trinajstić information content (AvgIpc) is 2.33. The Morgan fingerprint density at radius 2 is 2.00 bits per heavy atom. The molecule has 1 aliphatic rings. The molecule has 1 aromatic rings. The summed E-state index contributed by atoms with van der Waals surface area (Å²) in [5, 5.41) is 20.4. The van der Waals surface area contributed by atoms with E-state index in [1.807, 2.05) is 6.92 Å². The van der Waals surface area contributed by atoms with Crippen LogP contribution in [0.5, 0.6) is 0 Å². The lowest BCUT2D eigenvalue weighted by molar-refractivity contribution is -0.384. The molecule has 0 atom stereocenters. The molecule has 5 heteroatoms. The Balaban J connectivity index is 1.79. The fraction of sp³-hybridized carbons (Fsp3) is 0.538. The molecule has 1 aliphatic heterocycles. The predicted molar refractivity (Wildman–Crippen MR) is 68.5 cm³/mol. The molecule has 0 saturated carbocycles. The minimum absolute atomic E-state index is 0.128. The van der Waals surface area contributed by atoms with Gasteiger partial charge in [-0.2, -0.15) is 0 Å². The number of hydrogen-bond donors (Lipinski definition) is 1. The molecule has 5 nitrogen and oxygen atoms in total. The topological polar surface area (TPSA) is 66.6 Å². The third-order valence-electron chi connectivity index (χ3n) is 3.56. The van der Waals surface area contributed by atoms with Gasteiger partial charge < -0.3 is 5.11 Å². The largest absolute Gasteiger partial charge is 0.387 e. The van der Waals surface area contributed by atoms with Crippen LogP contribution in [0, 0.1) is 10.1 Å². The molecular formula is C13H18N2O3. The number of nitrogens with zero attached hydrogens (tertiary/aromatic N) is 2. The third kappa shape index (κ3) is 2.86. The molecule has 1 heterocycles. The fourth-order valence-corrected chi connectivity index (χ4v) is 2.24. The average molecular weight is 250 g/mol. The Labute approximate surface area is 106 Å². The number of β-amino-alcohol motifs (C(OH)–C–C–N with tert-alkyl or cyclic N) is 1. The van der Waals surface area contributed by atoms with Crippen LogP contribution in [-0.2, 0) is 6.42 Å². The number of likely N-dealkylation sites (tertiary alicyclic amines) is 1. The number of rotatable bonds is 5. The number of hydrogen-bond acceptors (Lipinski definition) is 4. The number of benzene rings is 1. The summed E-state index contributed by atoms with van der Waals surface area (Å²) in [6, 6.07) is 6.66. The lowest BCUT2D eigenvalue weighted by Crippen LogP contribution is -2.61. The van der Waals surface area contributed by atoms with Gasteiger partial charge in [-0.25, -0.2) is 0 Å².